The van der Waals surface area contributed by atoms with E-state index in [1.165, 1.54) is 4.90 Å². The molecule has 3 aromatic rings. The topological polar surface area (TPSA) is 96.2 Å². The molecule has 0 spiro atoms. The first-order chi connectivity index (χ1) is 14.9. The second-order valence-electron chi connectivity index (χ2n) is 7.51. The van der Waals surface area contributed by atoms with Gasteiger partial charge in [0.25, 0.3) is 5.91 Å². The molecule has 0 bridgehead atoms. The Bertz CT molecular complexity index is 1160. The largest absolute Gasteiger partial charge is 0.465 e. The Morgan fingerprint density at radius 2 is 2.13 bits per heavy atom. The number of nitrogens with one attached hydrogen (secondary N) is 1. The van der Waals surface area contributed by atoms with Gasteiger partial charge < -0.3 is 24.5 Å². The van der Waals surface area contributed by atoms with Crippen molar-refractivity contribution in [3.05, 3.63) is 58.4 Å². The number of aryl methyl sites for hydroxylation is 1. The van der Waals surface area contributed by atoms with Crippen LogP contribution in [0.3, 0.4) is 0 Å². The molecule has 4 rings (SSSR count). The van der Waals surface area contributed by atoms with E-state index in [-0.39, 0.29) is 12.0 Å². The Hall–Kier alpha value is -3.10. The molecule has 31 heavy (non-hydrogen) atoms. The molecule has 1 fully saturated rings. The number of ether oxygens (including phenoxy) is 1. The molecule has 3 heterocycles. The van der Waals surface area contributed by atoms with E-state index >= 15 is 0 Å². The van der Waals surface area contributed by atoms with Gasteiger partial charge in [0.1, 0.15) is 5.65 Å². The second-order valence-corrected chi connectivity index (χ2v) is 7.95. The Morgan fingerprint density at radius 1 is 1.32 bits per heavy atom. The van der Waals surface area contributed by atoms with Crippen molar-refractivity contribution in [2.24, 2.45) is 0 Å². The molecule has 2 amide bonds. The van der Waals surface area contributed by atoms with Gasteiger partial charge in [-0.1, -0.05) is 17.7 Å². The predicted octanol–water partition coefficient (Wildman–Crippen LogP) is 3.24. The molecule has 1 aliphatic rings. The van der Waals surface area contributed by atoms with Crippen LogP contribution in [0.1, 0.15) is 21.6 Å². The summed E-state index contributed by atoms with van der Waals surface area (Å²) in [5.74, 6) is -0.152. The van der Waals surface area contributed by atoms with E-state index in [4.69, 9.17) is 21.3 Å². The van der Waals surface area contributed by atoms with Gasteiger partial charge in [0.2, 0.25) is 0 Å². The van der Waals surface area contributed by atoms with Gasteiger partial charge in [-0.2, -0.15) is 0 Å². The number of amides is 2. The number of pyridine rings is 1. The van der Waals surface area contributed by atoms with Gasteiger partial charge in [0, 0.05) is 48.4 Å². The van der Waals surface area contributed by atoms with Crippen molar-refractivity contribution in [2.75, 3.05) is 26.7 Å². The lowest BCUT2D eigenvalue weighted by atomic mass is 9.99. The van der Waals surface area contributed by atoms with Crippen LogP contribution in [0.2, 0.25) is 5.02 Å². The second kappa shape index (κ2) is 8.56. The first kappa shape index (κ1) is 21.1. The van der Waals surface area contributed by atoms with E-state index in [0.717, 1.165) is 22.5 Å². The fraction of sp³-hybridized carbons (Fsp3) is 0.318. The maximum absolute atomic E-state index is 12.0. The lowest BCUT2D eigenvalue weighted by Crippen LogP contribution is -2.45. The standard InChI is InChI=1S/C22H23ClN4O4/c1-13-9-14(21(28)24-2)3-4-17(13)20-18(27-6-5-15(23)10-19(27)25-20)11-16-12-26(22(29)30)7-8-31-16/h3-6,9-10,16H,7-8,11-12H2,1-2H3,(H,24,28)(H,29,30)/t16-/m0/s1. The van der Waals surface area contributed by atoms with Crippen LogP contribution in [-0.2, 0) is 11.2 Å². The van der Waals surface area contributed by atoms with Crippen molar-refractivity contribution in [3.8, 4) is 11.3 Å². The first-order valence-electron chi connectivity index (χ1n) is 9.96. The highest BCUT2D eigenvalue weighted by molar-refractivity contribution is 6.30. The van der Waals surface area contributed by atoms with Gasteiger partial charge in [-0.25, -0.2) is 9.78 Å². The summed E-state index contributed by atoms with van der Waals surface area (Å²) in [7, 11) is 1.60. The highest BCUT2D eigenvalue weighted by Gasteiger charge is 2.27. The van der Waals surface area contributed by atoms with Gasteiger partial charge >= 0.3 is 6.09 Å². The summed E-state index contributed by atoms with van der Waals surface area (Å²) in [5, 5.41) is 12.6. The fourth-order valence-electron chi connectivity index (χ4n) is 3.93. The molecule has 8 nitrogen and oxygen atoms in total. The third kappa shape index (κ3) is 4.22. The predicted molar refractivity (Wildman–Crippen MR) is 117 cm³/mol. The number of morpholine rings is 1. The van der Waals surface area contributed by atoms with E-state index in [9.17, 15) is 14.7 Å². The third-order valence-electron chi connectivity index (χ3n) is 5.49. The summed E-state index contributed by atoms with van der Waals surface area (Å²) in [6.45, 7) is 2.95. The number of rotatable bonds is 4. The molecule has 1 atom stereocenters. The van der Waals surface area contributed by atoms with Gasteiger partial charge in [0.15, 0.2) is 0 Å². The molecule has 9 heteroatoms. The average Bonchev–Trinajstić information content (AvgIpc) is 3.10. The summed E-state index contributed by atoms with van der Waals surface area (Å²) in [6.07, 6.45) is 1.11. The van der Waals surface area contributed by atoms with Crippen molar-refractivity contribution in [2.45, 2.75) is 19.4 Å². The zero-order valence-corrected chi connectivity index (χ0v) is 18.0. The Labute approximate surface area is 184 Å². The number of nitrogens with zero attached hydrogens (tertiary/aromatic N) is 3. The first-order valence-corrected chi connectivity index (χ1v) is 10.3. The van der Waals surface area contributed by atoms with Crippen molar-refractivity contribution in [3.63, 3.8) is 0 Å². The van der Waals surface area contributed by atoms with Crippen molar-refractivity contribution < 1.29 is 19.4 Å². The van der Waals surface area contributed by atoms with Crippen LogP contribution in [0, 0.1) is 6.92 Å². The molecule has 1 aliphatic heterocycles. The molecular formula is C22H23ClN4O4. The van der Waals surface area contributed by atoms with Crippen LogP contribution in [0.4, 0.5) is 4.79 Å². The molecule has 1 aromatic carbocycles. The van der Waals surface area contributed by atoms with E-state index in [1.54, 1.807) is 25.2 Å². The third-order valence-corrected chi connectivity index (χ3v) is 5.72. The van der Waals surface area contributed by atoms with Gasteiger partial charge in [-0.05, 0) is 30.7 Å². The van der Waals surface area contributed by atoms with Crippen LogP contribution in [0.5, 0.6) is 0 Å². The van der Waals surface area contributed by atoms with E-state index in [0.29, 0.717) is 42.4 Å². The minimum absolute atomic E-state index is 0.152. The quantitative estimate of drug-likeness (QED) is 0.646. The smallest absolute Gasteiger partial charge is 0.407 e. The average molecular weight is 443 g/mol. The van der Waals surface area contributed by atoms with Crippen molar-refractivity contribution in [1.29, 1.82) is 0 Å². The number of halogens is 1. The van der Waals surface area contributed by atoms with Crippen LogP contribution < -0.4 is 5.32 Å². The summed E-state index contributed by atoms with van der Waals surface area (Å²) in [4.78, 5) is 29.6. The van der Waals surface area contributed by atoms with Crippen LogP contribution >= 0.6 is 11.6 Å². The summed E-state index contributed by atoms with van der Waals surface area (Å²) < 4.78 is 7.82. The van der Waals surface area contributed by atoms with Crippen molar-refractivity contribution >= 4 is 29.2 Å². The highest BCUT2D eigenvalue weighted by atomic mass is 35.5. The van der Waals surface area contributed by atoms with Crippen LogP contribution in [0.25, 0.3) is 16.9 Å². The molecule has 2 N–H and O–H groups in total. The molecule has 0 aliphatic carbocycles. The molecule has 2 aromatic heterocycles. The minimum atomic E-state index is -0.945. The maximum Gasteiger partial charge on any atom is 0.407 e. The SMILES string of the molecule is CNC(=O)c1ccc(-c2nc3cc(Cl)ccn3c2C[C@H]2CN(C(=O)O)CCO2)c(C)c1. The number of hydrogen-bond donors (Lipinski definition) is 2. The molecule has 1 saturated heterocycles. The summed E-state index contributed by atoms with van der Waals surface area (Å²) >= 11 is 6.18. The minimum Gasteiger partial charge on any atom is -0.465 e. The van der Waals surface area contributed by atoms with Gasteiger partial charge in [0.05, 0.1) is 30.6 Å². The Morgan fingerprint density at radius 3 is 2.84 bits per heavy atom. The number of hydrogen-bond acceptors (Lipinski definition) is 4. The van der Waals surface area contributed by atoms with Crippen molar-refractivity contribution in [1.82, 2.24) is 19.6 Å². The van der Waals surface area contributed by atoms with E-state index in [2.05, 4.69) is 5.32 Å². The zero-order valence-electron chi connectivity index (χ0n) is 17.3. The maximum atomic E-state index is 12.0. The normalized spacial score (nSPS) is 16.5. The molecular weight excluding hydrogens is 420 g/mol. The lowest BCUT2D eigenvalue weighted by molar-refractivity contribution is -0.0214. The number of fused-ring (bicyclic) bond motifs is 1. The summed E-state index contributed by atoms with van der Waals surface area (Å²) in [6, 6.07) is 9.06. The van der Waals surface area contributed by atoms with Gasteiger partial charge in [-0.15, -0.1) is 0 Å². The number of carbonyl (C=O) groups is 2. The van der Waals surface area contributed by atoms with Gasteiger partial charge in [-0.3, -0.25) is 4.79 Å². The molecule has 0 radical (unpaired) electrons. The molecule has 0 unspecified atom stereocenters. The zero-order chi connectivity index (χ0) is 22.1. The molecule has 162 valence electrons. The summed E-state index contributed by atoms with van der Waals surface area (Å²) in [5.41, 5.74) is 4.74. The number of benzene rings is 1. The number of imidazole rings is 1. The molecule has 0 saturated carbocycles. The Balaban J connectivity index is 1.77. The van der Waals surface area contributed by atoms with E-state index < -0.39 is 6.09 Å². The Kier molecular flexibility index (Phi) is 5.84. The monoisotopic (exact) mass is 442 g/mol. The van der Waals surface area contributed by atoms with E-state index in [1.807, 2.05) is 29.7 Å². The fourth-order valence-corrected chi connectivity index (χ4v) is 4.08. The number of carboxylic acid groups (broad SMARTS) is 1. The number of aromatic nitrogens is 2. The number of carbonyl (C=O) groups excluding carboxylic acids is 1. The lowest BCUT2D eigenvalue weighted by Gasteiger charge is -2.31. The van der Waals surface area contributed by atoms with Crippen LogP contribution in [0.15, 0.2) is 36.5 Å². The highest BCUT2D eigenvalue weighted by Crippen LogP contribution is 2.30. The van der Waals surface area contributed by atoms with Crippen LogP contribution in [-0.4, -0.2) is 64.2 Å².